The normalized spacial score (nSPS) is 10.8. The van der Waals surface area contributed by atoms with Crippen LogP contribution >= 0.6 is 49.9 Å². The minimum Gasteiger partial charge on any atom is -0.267 e. The zero-order chi connectivity index (χ0) is 13.0. The minimum atomic E-state index is -0.202. The van der Waals surface area contributed by atoms with Crippen LogP contribution in [0.25, 0.3) is 0 Å². The summed E-state index contributed by atoms with van der Waals surface area (Å²) in [4.78, 5) is 12.8. The molecular weight excluding hydrogens is 427 g/mol. The number of hydrogen-bond donors (Lipinski definition) is 1. The predicted molar refractivity (Wildman–Crippen MR) is 86.2 cm³/mol. The summed E-state index contributed by atoms with van der Waals surface area (Å²) >= 11 is 7.05. The molecule has 0 aliphatic heterocycles. The third-order valence-corrected chi connectivity index (χ3v) is 4.57. The molecule has 0 saturated heterocycles. The number of hydrogen-bond acceptors (Lipinski definition) is 3. The maximum atomic E-state index is 11.8. The minimum absolute atomic E-state index is 0.202. The molecule has 0 aliphatic carbocycles. The molecule has 2 aromatic rings. The summed E-state index contributed by atoms with van der Waals surface area (Å²) in [6.07, 6.45) is 1.63. The lowest BCUT2D eigenvalue weighted by Gasteiger charge is -2.01. The van der Waals surface area contributed by atoms with Gasteiger partial charge in [0.1, 0.15) is 0 Å². The topological polar surface area (TPSA) is 41.5 Å². The van der Waals surface area contributed by atoms with Crippen molar-refractivity contribution < 1.29 is 4.79 Å². The zero-order valence-electron chi connectivity index (χ0n) is 9.06. The molecule has 0 bridgehead atoms. The molecule has 1 aromatic carbocycles. The van der Waals surface area contributed by atoms with Crippen LogP contribution in [0.4, 0.5) is 0 Å². The van der Waals surface area contributed by atoms with Gasteiger partial charge in [-0.1, -0.05) is 12.1 Å². The van der Waals surface area contributed by atoms with Gasteiger partial charge in [0.2, 0.25) is 0 Å². The van der Waals surface area contributed by atoms with Gasteiger partial charge in [0.25, 0.3) is 5.91 Å². The number of carbonyl (C=O) groups is 1. The van der Waals surface area contributed by atoms with Crippen LogP contribution in [0, 0.1) is 3.57 Å². The second-order valence-electron chi connectivity index (χ2n) is 3.32. The molecule has 1 heterocycles. The van der Waals surface area contributed by atoms with Crippen molar-refractivity contribution in [2.24, 2.45) is 5.10 Å². The maximum absolute atomic E-state index is 11.8. The van der Waals surface area contributed by atoms with Crippen LogP contribution in [0.1, 0.15) is 15.2 Å². The number of nitrogens with zero attached hydrogens (tertiary/aromatic N) is 1. The zero-order valence-corrected chi connectivity index (χ0v) is 13.6. The van der Waals surface area contributed by atoms with Gasteiger partial charge < -0.3 is 0 Å². The number of rotatable bonds is 3. The number of halogens is 2. The molecular formula is C12H8BrIN2OS. The lowest BCUT2D eigenvalue weighted by atomic mass is 10.2. The van der Waals surface area contributed by atoms with Gasteiger partial charge in [0.05, 0.1) is 15.6 Å². The largest absolute Gasteiger partial charge is 0.272 e. The quantitative estimate of drug-likeness (QED) is 0.444. The highest BCUT2D eigenvalue weighted by molar-refractivity contribution is 14.1. The van der Waals surface area contributed by atoms with Crippen LogP contribution in [0.5, 0.6) is 0 Å². The molecule has 3 nitrogen and oxygen atoms in total. The number of amides is 1. The van der Waals surface area contributed by atoms with Crippen molar-refractivity contribution in [1.82, 2.24) is 5.43 Å². The van der Waals surface area contributed by atoms with Crippen molar-refractivity contribution >= 4 is 62.0 Å². The fourth-order valence-electron chi connectivity index (χ4n) is 1.26. The van der Waals surface area contributed by atoms with E-state index in [1.807, 2.05) is 30.3 Å². The lowest BCUT2D eigenvalue weighted by Crippen LogP contribution is -2.18. The number of benzene rings is 1. The molecule has 92 valence electrons. The van der Waals surface area contributed by atoms with Crippen LogP contribution < -0.4 is 5.43 Å². The highest BCUT2D eigenvalue weighted by Crippen LogP contribution is 2.20. The molecule has 1 N–H and O–H groups in total. The standard InChI is InChI=1S/C12H8BrIN2OS/c13-11-6-5-8(18-11)7-15-16-12(17)9-3-1-2-4-10(9)14/h1-7H,(H,16,17)/b15-7+. The second kappa shape index (κ2) is 6.44. The Morgan fingerprint density at radius 3 is 2.78 bits per heavy atom. The van der Waals surface area contributed by atoms with Crippen molar-refractivity contribution in [3.05, 3.63) is 54.2 Å². The number of nitrogens with one attached hydrogen (secondary N) is 1. The van der Waals surface area contributed by atoms with E-state index in [1.165, 1.54) is 0 Å². The van der Waals surface area contributed by atoms with Crippen molar-refractivity contribution in [3.8, 4) is 0 Å². The molecule has 0 atom stereocenters. The summed E-state index contributed by atoms with van der Waals surface area (Å²) in [5.41, 5.74) is 3.14. The van der Waals surface area contributed by atoms with Crippen LogP contribution in [0.2, 0.25) is 0 Å². The van der Waals surface area contributed by atoms with Gasteiger partial charge >= 0.3 is 0 Å². The smallest absolute Gasteiger partial charge is 0.267 e. The Balaban J connectivity index is 2.01. The summed E-state index contributed by atoms with van der Waals surface area (Å²) in [7, 11) is 0. The molecule has 0 spiro atoms. The number of hydrazone groups is 1. The van der Waals surface area contributed by atoms with Gasteiger partial charge in [-0.2, -0.15) is 5.10 Å². The predicted octanol–water partition coefficient (Wildman–Crippen LogP) is 3.88. The second-order valence-corrected chi connectivity index (χ2v) is 6.98. The average molecular weight is 435 g/mol. The van der Waals surface area contributed by atoms with Gasteiger partial charge in [-0.3, -0.25) is 4.79 Å². The first-order valence-electron chi connectivity index (χ1n) is 5.00. The van der Waals surface area contributed by atoms with Crippen molar-refractivity contribution in [1.29, 1.82) is 0 Å². The van der Waals surface area contributed by atoms with Crippen molar-refractivity contribution in [3.63, 3.8) is 0 Å². The van der Waals surface area contributed by atoms with Gasteiger partial charge in [-0.25, -0.2) is 5.43 Å². The summed E-state index contributed by atoms with van der Waals surface area (Å²) in [6, 6.07) is 11.2. The van der Waals surface area contributed by atoms with Gasteiger partial charge in [0.15, 0.2) is 0 Å². The fraction of sp³-hybridized carbons (Fsp3) is 0. The summed E-state index contributed by atoms with van der Waals surface area (Å²) in [6.45, 7) is 0. The average Bonchev–Trinajstić information content (AvgIpc) is 2.75. The van der Waals surface area contributed by atoms with Crippen LogP contribution in [-0.4, -0.2) is 12.1 Å². The molecule has 0 aliphatic rings. The van der Waals surface area contributed by atoms with E-state index in [9.17, 15) is 4.79 Å². The Morgan fingerprint density at radius 2 is 2.11 bits per heavy atom. The molecule has 0 saturated carbocycles. The first-order chi connectivity index (χ1) is 8.66. The summed E-state index contributed by atoms with van der Waals surface area (Å²) in [5.74, 6) is -0.202. The lowest BCUT2D eigenvalue weighted by molar-refractivity contribution is 0.0954. The molecule has 0 fully saturated rings. The Bertz CT molecular complexity index is 597. The Labute approximate surface area is 131 Å². The molecule has 1 aromatic heterocycles. The van der Waals surface area contributed by atoms with E-state index in [-0.39, 0.29) is 5.91 Å². The summed E-state index contributed by atoms with van der Waals surface area (Å²) in [5, 5.41) is 3.93. The van der Waals surface area contributed by atoms with Gasteiger partial charge in [-0.15, -0.1) is 11.3 Å². The first kappa shape index (κ1) is 13.7. The monoisotopic (exact) mass is 434 g/mol. The fourth-order valence-corrected chi connectivity index (χ4v) is 3.19. The van der Waals surface area contributed by atoms with E-state index in [0.717, 1.165) is 12.2 Å². The molecule has 1 amide bonds. The molecule has 18 heavy (non-hydrogen) atoms. The third kappa shape index (κ3) is 3.63. The Kier molecular flexibility index (Phi) is 4.90. The molecule has 2 rings (SSSR count). The number of thiophene rings is 1. The molecule has 0 unspecified atom stereocenters. The highest BCUT2D eigenvalue weighted by atomic mass is 127. The van der Waals surface area contributed by atoms with E-state index in [4.69, 9.17) is 0 Å². The van der Waals surface area contributed by atoms with Crippen LogP contribution in [0.3, 0.4) is 0 Å². The van der Waals surface area contributed by atoms with Crippen LogP contribution in [-0.2, 0) is 0 Å². The van der Waals surface area contributed by atoms with Crippen molar-refractivity contribution in [2.45, 2.75) is 0 Å². The van der Waals surface area contributed by atoms with Crippen LogP contribution in [0.15, 0.2) is 45.3 Å². The van der Waals surface area contributed by atoms with Gasteiger partial charge in [-0.05, 0) is 62.8 Å². The summed E-state index contributed by atoms with van der Waals surface area (Å²) < 4.78 is 1.94. The van der Waals surface area contributed by atoms with E-state index in [0.29, 0.717) is 5.56 Å². The van der Waals surface area contributed by atoms with Crippen molar-refractivity contribution in [2.75, 3.05) is 0 Å². The Morgan fingerprint density at radius 1 is 1.33 bits per heavy atom. The van der Waals surface area contributed by atoms with Gasteiger partial charge in [0, 0.05) is 8.45 Å². The SMILES string of the molecule is O=C(N/N=C/c1ccc(Br)s1)c1ccccc1I. The van der Waals surface area contributed by atoms with E-state index < -0.39 is 0 Å². The van der Waals surface area contributed by atoms with E-state index >= 15 is 0 Å². The third-order valence-electron chi connectivity index (χ3n) is 2.07. The van der Waals surface area contributed by atoms with E-state index in [1.54, 1.807) is 23.6 Å². The number of carbonyl (C=O) groups excluding carboxylic acids is 1. The molecule has 6 heteroatoms. The maximum Gasteiger partial charge on any atom is 0.272 e. The molecule has 0 radical (unpaired) electrons. The first-order valence-corrected chi connectivity index (χ1v) is 7.69. The Hall–Kier alpha value is -0.730. The van der Waals surface area contributed by atoms with E-state index in [2.05, 4.69) is 49.0 Å². The highest BCUT2D eigenvalue weighted by Gasteiger charge is 2.07.